The van der Waals surface area contributed by atoms with E-state index in [-0.39, 0.29) is 18.7 Å². The van der Waals surface area contributed by atoms with E-state index in [1.807, 2.05) is 36.4 Å². The van der Waals surface area contributed by atoms with Gasteiger partial charge in [0.1, 0.15) is 12.1 Å². The van der Waals surface area contributed by atoms with E-state index in [2.05, 4.69) is 10.6 Å². The number of amides is 2. The van der Waals surface area contributed by atoms with Gasteiger partial charge in [0.05, 0.1) is 18.7 Å². The summed E-state index contributed by atoms with van der Waals surface area (Å²) in [5, 5.41) is 14.3. The molecule has 2 rings (SSSR count). The lowest BCUT2D eigenvalue weighted by Crippen LogP contribution is -2.53. The average molecular weight is 393 g/mol. The van der Waals surface area contributed by atoms with Crippen molar-refractivity contribution in [3.63, 3.8) is 0 Å². The van der Waals surface area contributed by atoms with Crippen LogP contribution in [0.4, 0.5) is 0 Å². The Morgan fingerprint density at radius 1 is 0.966 bits per heavy atom. The molecule has 0 heterocycles. The molecule has 0 radical (unpaired) electrons. The van der Waals surface area contributed by atoms with Crippen LogP contribution in [0.15, 0.2) is 54.6 Å². The normalized spacial score (nSPS) is 12.2. The number of rotatable bonds is 8. The van der Waals surface area contributed by atoms with Gasteiger partial charge >= 0.3 is 5.97 Å². The zero-order valence-corrected chi connectivity index (χ0v) is 16.3. The van der Waals surface area contributed by atoms with Crippen molar-refractivity contribution in [3.8, 4) is 6.07 Å². The topological polar surface area (TPSA) is 108 Å². The molecule has 0 aromatic heterocycles. The number of carbonyl (C=O) groups is 3. The van der Waals surface area contributed by atoms with Crippen molar-refractivity contribution in [1.82, 2.24) is 10.6 Å². The number of hydrogen-bond acceptors (Lipinski definition) is 5. The molecule has 0 aliphatic rings. The van der Waals surface area contributed by atoms with E-state index in [4.69, 9.17) is 10.00 Å². The SMILES string of the molecule is COC(=O)[C@@H](Cc1cccc(C#N)c1)NC(=O)[C@H](Cc1ccccc1)NC(C)=O. The lowest BCUT2D eigenvalue weighted by molar-refractivity contribution is -0.145. The zero-order valence-electron chi connectivity index (χ0n) is 16.3. The number of nitrogens with zero attached hydrogens (tertiary/aromatic N) is 1. The van der Waals surface area contributed by atoms with E-state index in [1.165, 1.54) is 14.0 Å². The molecule has 0 saturated carbocycles. The predicted molar refractivity (Wildman–Crippen MR) is 107 cm³/mol. The lowest BCUT2D eigenvalue weighted by atomic mass is 10.0. The molecule has 0 aliphatic carbocycles. The summed E-state index contributed by atoms with van der Waals surface area (Å²) in [6.45, 7) is 1.33. The summed E-state index contributed by atoms with van der Waals surface area (Å²) in [5.74, 6) is -1.45. The third-order valence-electron chi connectivity index (χ3n) is 4.27. The zero-order chi connectivity index (χ0) is 21.2. The number of nitriles is 1. The van der Waals surface area contributed by atoms with Crippen LogP contribution >= 0.6 is 0 Å². The number of esters is 1. The Balaban J connectivity index is 2.17. The van der Waals surface area contributed by atoms with Gasteiger partial charge in [-0.05, 0) is 23.3 Å². The summed E-state index contributed by atoms with van der Waals surface area (Å²) in [4.78, 5) is 36.6. The maximum absolute atomic E-state index is 12.8. The molecule has 0 aliphatic heterocycles. The predicted octanol–water partition coefficient (Wildman–Crippen LogP) is 1.51. The van der Waals surface area contributed by atoms with Gasteiger partial charge in [0.2, 0.25) is 11.8 Å². The van der Waals surface area contributed by atoms with Crippen molar-refractivity contribution >= 4 is 17.8 Å². The Bertz CT molecular complexity index is 906. The summed E-state index contributed by atoms with van der Waals surface area (Å²) >= 11 is 0. The minimum Gasteiger partial charge on any atom is -0.467 e. The molecule has 2 amide bonds. The van der Waals surface area contributed by atoms with E-state index in [1.54, 1.807) is 24.3 Å². The minimum atomic E-state index is -0.950. The van der Waals surface area contributed by atoms with Crippen molar-refractivity contribution in [1.29, 1.82) is 5.26 Å². The second-order valence-corrected chi connectivity index (χ2v) is 6.54. The first kappa shape index (κ1) is 21.6. The van der Waals surface area contributed by atoms with Crippen molar-refractivity contribution in [2.45, 2.75) is 31.8 Å². The van der Waals surface area contributed by atoms with Gasteiger partial charge in [0.25, 0.3) is 0 Å². The molecule has 2 atom stereocenters. The number of hydrogen-bond donors (Lipinski definition) is 2. The van der Waals surface area contributed by atoms with Crippen LogP contribution in [-0.4, -0.2) is 37.0 Å². The molecule has 0 spiro atoms. The summed E-state index contributed by atoms with van der Waals surface area (Å²) in [5.41, 5.74) is 2.04. The van der Waals surface area contributed by atoms with Crippen LogP contribution in [0.5, 0.6) is 0 Å². The van der Waals surface area contributed by atoms with Crippen LogP contribution in [0.2, 0.25) is 0 Å². The Morgan fingerprint density at radius 2 is 1.62 bits per heavy atom. The fraction of sp³-hybridized carbons (Fsp3) is 0.273. The summed E-state index contributed by atoms with van der Waals surface area (Å²) in [6, 6.07) is 16.3. The molecule has 2 aromatic rings. The minimum absolute atomic E-state index is 0.159. The molecule has 2 N–H and O–H groups in total. The second kappa shape index (κ2) is 10.6. The molecule has 0 bridgehead atoms. The van der Waals surface area contributed by atoms with Gasteiger partial charge in [-0.25, -0.2) is 4.79 Å². The van der Waals surface area contributed by atoms with Crippen LogP contribution in [0.25, 0.3) is 0 Å². The van der Waals surface area contributed by atoms with Crippen LogP contribution in [-0.2, 0) is 32.0 Å². The highest BCUT2D eigenvalue weighted by molar-refractivity contribution is 5.90. The van der Waals surface area contributed by atoms with Gasteiger partial charge in [-0.1, -0.05) is 42.5 Å². The molecule has 0 fully saturated rings. The molecule has 150 valence electrons. The Morgan fingerprint density at radius 3 is 2.24 bits per heavy atom. The van der Waals surface area contributed by atoms with Gasteiger partial charge in [-0.2, -0.15) is 5.26 Å². The van der Waals surface area contributed by atoms with Crippen molar-refractivity contribution < 1.29 is 19.1 Å². The first-order chi connectivity index (χ1) is 13.9. The standard InChI is InChI=1S/C22H23N3O4/c1-15(26)24-19(12-16-7-4-3-5-8-16)21(27)25-20(22(28)29-2)13-17-9-6-10-18(11-17)14-23/h3-11,19-20H,12-13H2,1-2H3,(H,24,26)(H,25,27)/t19-,20+/m0/s1. The van der Waals surface area contributed by atoms with Gasteiger partial charge in [-0.3, -0.25) is 9.59 Å². The monoisotopic (exact) mass is 393 g/mol. The molecule has 29 heavy (non-hydrogen) atoms. The summed E-state index contributed by atoms with van der Waals surface area (Å²) < 4.78 is 4.82. The molecular weight excluding hydrogens is 370 g/mol. The molecular formula is C22H23N3O4. The molecule has 7 nitrogen and oxygen atoms in total. The van der Waals surface area contributed by atoms with Gasteiger partial charge in [0, 0.05) is 19.8 Å². The van der Waals surface area contributed by atoms with E-state index < -0.39 is 24.0 Å². The van der Waals surface area contributed by atoms with Crippen LogP contribution < -0.4 is 10.6 Å². The number of benzene rings is 2. The van der Waals surface area contributed by atoms with Crippen LogP contribution in [0.3, 0.4) is 0 Å². The second-order valence-electron chi connectivity index (χ2n) is 6.54. The Kier molecular flexibility index (Phi) is 7.92. The van der Waals surface area contributed by atoms with Crippen molar-refractivity contribution in [2.75, 3.05) is 7.11 Å². The Hall–Kier alpha value is -3.66. The summed E-state index contributed by atoms with van der Waals surface area (Å²) in [6.07, 6.45) is 0.441. The van der Waals surface area contributed by atoms with E-state index in [0.29, 0.717) is 11.1 Å². The lowest BCUT2D eigenvalue weighted by Gasteiger charge is -2.22. The first-order valence-electron chi connectivity index (χ1n) is 9.11. The fourth-order valence-corrected chi connectivity index (χ4v) is 2.92. The maximum Gasteiger partial charge on any atom is 0.328 e. The molecule has 0 saturated heterocycles. The molecule has 2 aromatic carbocycles. The van der Waals surface area contributed by atoms with E-state index in [9.17, 15) is 14.4 Å². The highest BCUT2D eigenvalue weighted by Gasteiger charge is 2.27. The molecule has 0 unspecified atom stereocenters. The van der Waals surface area contributed by atoms with E-state index >= 15 is 0 Å². The van der Waals surface area contributed by atoms with Gasteiger partial charge in [-0.15, -0.1) is 0 Å². The average Bonchev–Trinajstić information content (AvgIpc) is 2.72. The third-order valence-corrected chi connectivity index (χ3v) is 4.27. The number of nitrogens with one attached hydrogen (secondary N) is 2. The summed E-state index contributed by atoms with van der Waals surface area (Å²) in [7, 11) is 1.24. The van der Waals surface area contributed by atoms with Gasteiger partial charge < -0.3 is 15.4 Å². The van der Waals surface area contributed by atoms with Crippen LogP contribution in [0, 0.1) is 11.3 Å². The van der Waals surface area contributed by atoms with Crippen LogP contribution in [0.1, 0.15) is 23.6 Å². The quantitative estimate of drug-likeness (QED) is 0.661. The maximum atomic E-state index is 12.8. The first-order valence-corrected chi connectivity index (χ1v) is 9.11. The smallest absolute Gasteiger partial charge is 0.328 e. The number of ether oxygens (including phenoxy) is 1. The Labute approximate surface area is 169 Å². The van der Waals surface area contributed by atoms with Crippen molar-refractivity contribution in [2.24, 2.45) is 0 Å². The number of methoxy groups -OCH3 is 1. The number of carbonyl (C=O) groups excluding carboxylic acids is 3. The van der Waals surface area contributed by atoms with Gasteiger partial charge in [0.15, 0.2) is 0 Å². The largest absolute Gasteiger partial charge is 0.467 e. The highest BCUT2D eigenvalue weighted by atomic mass is 16.5. The van der Waals surface area contributed by atoms with Crippen molar-refractivity contribution in [3.05, 3.63) is 71.3 Å². The fourth-order valence-electron chi connectivity index (χ4n) is 2.92. The third kappa shape index (κ3) is 6.78. The van der Waals surface area contributed by atoms with E-state index in [0.717, 1.165) is 5.56 Å². The molecule has 7 heteroatoms. The highest BCUT2D eigenvalue weighted by Crippen LogP contribution is 2.09.